The summed E-state index contributed by atoms with van der Waals surface area (Å²) in [6.45, 7) is 0.800. The second-order valence-electron chi connectivity index (χ2n) is 6.78. The summed E-state index contributed by atoms with van der Waals surface area (Å²) in [5.74, 6) is 0.720. The smallest absolute Gasteiger partial charge is 0.275 e. The SMILES string of the molecule is CN(C)S(=O)(=O)N1CCC(n2c(Cc3ccccc3)nn(C)c2=O)CC1. The predicted octanol–water partition coefficient (Wildman–Crippen LogP) is 0.616. The number of rotatable bonds is 5. The first-order chi connectivity index (χ1) is 12.3. The van der Waals surface area contributed by atoms with Crippen molar-refractivity contribution in [1.82, 2.24) is 23.0 Å². The molecule has 1 fully saturated rings. The first-order valence-electron chi connectivity index (χ1n) is 8.66. The summed E-state index contributed by atoms with van der Waals surface area (Å²) < 4.78 is 30.4. The lowest BCUT2D eigenvalue weighted by molar-refractivity contribution is 0.257. The van der Waals surface area contributed by atoms with Gasteiger partial charge in [0.1, 0.15) is 5.82 Å². The van der Waals surface area contributed by atoms with E-state index >= 15 is 0 Å². The van der Waals surface area contributed by atoms with Crippen LogP contribution in [0.1, 0.15) is 30.3 Å². The molecule has 3 rings (SSSR count). The molecule has 1 saturated heterocycles. The number of hydrogen-bond acceptors (Lipinski definition) is 4. The van der Waals surface area contributed by atoms with Gasteiger partial charge in [0.15, 0.2) is 0 Å². The average molecular weight is 379 g/mol. The van der Waals surface area contributed by atoms with Gasteiger partial charge in [-0.05, 0) is 18.4 Å². The van der Waals surface area contributed by atoms with Crippen molar-refractivity contribution >= 4 is 10.2 Å². The fourth-order valence-electron chi connectivity index (χ4n) is 3.36. The van der Waals surface area contributed by atoms with Crippen molar-refractivity contribution in [2.45, 2.75) is 25.3 Å². The van der Waals surface area contributed by atoms with Gasteiger partial charge in [-0.3, -0.25) is 4.57 Å². The van der Waals surface area contributed by atoms with Crippen LogP contribution in [0.15, 0.2) is 35.1 Å². The van der Waals surface area contributed by atoms with Gasteiger partial charge in [-0.15, -0.1) is 0 Å². The molecule has 0 N–H and O–H groups in total. The highest BCUT2D eigenvalue weighted by atomic mass is 32.2. The molecule has 0 aliphatic carbocycles. The maximum Gasteiger partial charge on any atom is 0.345 e. The molecule has 142 valence electrons. The summed E-state index contributed by atoms with van der Waals surface area (Å²) in [4.78, 5) is 12.6. The Labute approximate surface area is 153 Å². The van der Waals surface area contributed by atoms with Crippen LogP contribution < -0.4 is 5.69 Å². The molecular weight excluding hydrogens is 354 g/mol. The zero-order chi connectivity index (χ0) is 18.9. The Morgan fingerprint density at radius 1 is 1.15 bits per heavy atom. The van der Waals surface area contributed by atoms with Gasteiger partial charge < -0.3 is 0 Å². The highest BCUT2D eigenvalue weighted by Gasteiger charge is 2.32. The summed E-state index contributed by atoms with van der Waals surface area (Å²) in [6.07, 6.45) is 1.77. The molecule has 1 aromatic carbocycles. The number of aryl methyl sites for hydroxylation is 1. The van der Waals surface area contributed by atoms with Gasteiger partial charge in [-0.25, -0.2) is 9.48 Å². The molecule has 0 radical (unpaired) electrons. The van der Waals surface area contributed by atoms with E-state index in [1.165, 1.54) is 27.4 Å². The standard InChI is InChI=1S/C17H25N5O3S/c1-19(2)26(24,25)21-11-9-15(10-12-21)22-16(18-20(3)17(22)23)13-14-7-5-4-6-8-14/h4-8,15H,9-13H2,1-3H3. The van der Waals surface area contributed by atoms with E-state index in [1.807, 2.05) is 30.3 Å². The van der Waals surface area contributed by atoms with Crippen molar-refractivity contribution in [3.63, 3.8) is 0 Å². The van der Waals surface area contributed by atoms with E-state index in [-0.39, 0.29) is 11.7 Å². The van der Waals surface area contributed by atoms with Crippen molar-refractivity contribution in [2.24, 2.45) is 7.05 Å². The Kier molecular flexibility index (Phi) is 5.31. The summed E-state index contributed by atoms with van der Waals surface area (Å²) >= 11 is 0. The lowest BCUT2D eigenvalue weighted by atomic mass is 10.1. The summed E-state index contributed by atoms with van der Waals surface area (Å²) in [5, 5.41) is 4.40. The van der Waals surface area contributed by atoms with Gasteiger partial charge in [0.05, 0.1) is 0 Å². The summed E-state index contributed by atoms with van der Waals surface area (Å²) in [7, 11) is 1.31. The van der Waals surface area contributed by atoms with Crippen LogP contribution in [0.25, 0.3) is 0 Å². The van der Waals surface area contributed by atoms with Crippen molar-refractivity contribution in [3.8, 4) is 0 Å². The number of piperidine rings is 1. The minimum atomic E-state index is -3.41. The zero-order valence-corrected chi connectivity index (χ0v) is 16.2. The Bertz CT molecular complexity index is 910. The Hall–Kier alpha value is -1.97. The van der Waals surface area contributed by atoms with Crippen LogP contribution in [-0.2, 0) is 23.7 Å². The fraction of sp³-hybridized carbons (Fsp3) is 0.529. The number of hydrogen-bond donors (Lipinski definition) is 0. The maximum atomic E-state index is 12.6. The van der Waals surface area contributed by atoms with Gasteiger partial charge in [0, 0.05) is 46.7 Å². The molecule has 8 nitrogen and oxygen atoms in total. The van der Waals surface area contributed by atoms with E-state index in [0.717, 1.165) is 11.4 Å². The molecule has 0 atom stereocenters. The number of aromatic nitrogens is 3. The molecule has 1 aromatic heterocycles. The van der Waals surface area contributed by atoms with Crippen molar-refractivity contribution in [3.05, 3.63) is 52.2 Å². The van der Waals surface area contributed by atoms with Crippen LogP contribution in [-0.4, -0.2) is 58.6 Å². The monoisotopic (exact) mass is 379 g/mol. The van der Waals surface area contributed by atoms with Crippen LogP contribution in [0.4, 0.5) is 0 Å². The van der Waals surface area contributed by atoms with E-state index in [4.69, 9.17) is 0 Å². The molecule has 1 aliphatic rings. The lowest BCUT2D eigenvalue weighted by Gasteiger charge is -2.33. The van der Waals surface area contributed by atoms with Crippen LogP contribution in [0.2, 0.25) is 0 Å². The van der Waals surface area contributed by atoms with Crippen LogP contribution in [0.3, 0.4) is 0 Å². The molecule has 0 amide bonds. The van der Waals surface area contributed by atoms with E-state index in [0.29, 0.717) is 32.4 Å². The minimum Gasteiger partial charge on any atom is -0.275 e. The molecular formula is C17H25N5O3S. The number of nitrogens with zero attached hydrogens (tertiary/aromatic N) is 5. The molecule has 2 aromatic rings. The molecule has 1 aliphatic heterocycles. The van der Waals surface area contributed by atoms with Gasteiger partial charge >= 0.3 is 5.69 Å². The van der Waals surface area contributed by atoms with Gasteiger partial charge in [-0.1, -0.05) is 30.3 Å². The third-order valence-corrected chi connectivity index (χ3v) is 6.75. The molecule has 26 heavy (non-hydrogen) atoms. The third-order valence-electron chi connectivity index (χ3n) is 4.81. The summed E-state index contributed by atoms with van der Waals surface area (Å²) in [5.41, 5.74) is 0.941. The van der Waals surface area contributed by atoms with E-state index in [9.17, 15) is 13.2 Å². The van der Waals surface area contributed by atoms with E-state index in [1.54, 1.807) is 11.6 Å². The topological polar surface area (TPSA) is 80.4 Å². The predicted molar refractivity (Wildman–Crippen MR) is 99.2 cm³/mol. The first-order valence-corrected chi connectivity index (χ1v) is 10.1. The Morgan fingerprint density at radius 3 is 2.35 bits per heavy atom. The van der Waals surface area contributed by atoms with Crippen LogP contribution in [0.5, 0.6) is 0 Å². The summed E-state index contributed by atoms with van der Waals surface area (Å²) in [6, 6.07) is 9.86. The van der Waals surface area contributed by atoms with Crippen molar-refractivity contribution < 1.29 is 8.42 Å². The van der Waals surface area contributed by atoms with Gasteiger partial charge in [0.25, 0.3) is 10.2 Å². The molecule has 0 bridgehead atoms. The van der Waals surface area contributed by atoms with E-state index in [2.05, 4.69) is 5.10 Å². The van der Waals surface area contributed by atoms with Gasteiger partial charge in [0.2, 0.25) is 0 Å². The number of benzene rings is 1. The average Bonchev–Trinajstić information content (AvgIpc) is 2.89. The highest BCUT2D eigenvalue weighted by Crippen LogP contribution is 2.25. The van der Waals surface area contributed by atoms with Crippen molar-refractivity contribution in [1.29, 1.82) is 0 Å². The zero-order valence-electron chi connectivity index (χ0n) is 15.4. The third kappa shape index (κ3) is 3.60. The fourth-order valence-corrected chi connectivity index (χ4v) is 4.49. The highest BCUT2D eigenvalue weighted by molar-refractivity contribution is 7.86. The lowest BCUT2D eigenvalue weighted by Crippen LogP contribution is -2.45. The Morgan fingerprint density at radius 2 is 1.77 bits per heavy atom. The second-order valence-corrected chi connectivity index (χ2v) is 8.92. The first kappa shape index (κ1) is 18.8. The molecule has 0 spiro atoms. The molecule has 0 saturated carbocycles. The van der Waals surface area contributed by atoms with Crippen molar-refractivity contribution in [2.75, 3.05) is 27.2 Å². The van der Waals surface area contributed by atoms with Crippen LogP contribution >= 0.6 is 0 Å². The normalized spacial score (nSPS) is 17.1. The quantitative estimate of drug-likeness (QED) is 0.763. The molecule has 0 unspecified atom stereocenters. The van der Waals surface area contributed by atoms with E-state index < -0.39 is 10.2 Å². The van der Waals surface area contributed by atoms with Crippen LogP contribution in [0, 0.1) is 0 Å². The Balaban J connectivity index is 1.81. The van der Waals surface area contributed by atoms with Gasteiger partial charge in [-0.2, -0.15) is 22.1 Å². The minimum absolute atomic E-state index is 0.0384. The largest absolute Gasteiger partial charge is 0.345 e. The molecule has 2 heterocycles. The molecule has 9 heteroatoms. The second kappa shape index (κ2) is 7.34. The maximum absolute atomic E-state index is 12.6.